The molecule has 3 nitrogen and oxygen atoms in total. The minimum absolute atomic E-state index is 0.0384. The molecule has 0 aliphatic rings. The average molecular weight is 340 g/mol. The van der Waals surface area contributed by atoms with E-state index in [0.29, 0.717) is 0 Å². The molecule has 84 valence electrons. The lowest BCUT2D eigenvalue weighted by molar-refractivity contribution is -0.144. The number of aromatic nitrogens is 2. The second-order valence-electron chi connectivity index (χ2n) is 3.07. The van der Waals surface area contributed by atoms with Crippen LogP contribution >= 0.6 is 22.6 Å². The van der Waals surface area contributed by atoms with E-state index in [1.807, 2.05) is 22.6 Å². The molecule has 7 heteroatoms. The lowest BCUT2D eigenvalue weighted by atomic mass is 10.2. The van der Waals surface area contributed by atoms with Crippen LogP contribution in [-0.2, 0) is 6.18 Å². The van der Waals surface area contributed by atoms with Crippen molar-refractivity contribution in [3.8, 4) is 0 Å². The number of halogens is 4. The second kappa shape index (κ2) is 3.72. The van der Waals surface area contributed by atoms with E-state index in [9.17, 15) is 18.0 Å². The van der Waals surface area contributed by atoms with Crippen LogP contribution in [0.3, 0.4) is 0 Å². The molecule has 0 saturated carbocycles. The molecule has 1 N–H and O–H groups in total. The number of nitrogens with zero attached hydrogens (tertiary/aromatic N) is 1. The Morgan fingerprint density at radius 2 is 2.00 bits per heavy atom. The first kappa shape index (κ1) is 11.4. The monoisotopic (exact) mass is 340 g/mol. The molecule has 0 unspecified atom stereocenters. The molecule has 0 aliphatic carbocycles. The first-order valence-electron chi connectivity index (χ1n) is 4.15. The molecule has 0 spiro atoms. The summed E-state index contributed by atoms with van der Waals surface area (Å²) in [6.07, 6.45) is -4.64. The van der Waals surface area contributed by atoms with Gasteiger partial charge in [0, 0.05) is 3.57 Å². The molecule has 2 rings (SSSR count). The van der Waals surface area contributed by atoms with Gasteiger partial charge < -0.3 is 4.98 Å². The lowest BCUT2D eigenvalue weighted by Crippen LogP contribution is -2.19. The fourth-order valence-electron chi connectivity index (χ4n) is 1.25. The molecule has 0 saturated heterocycles. The van der Waals surface area contributed by atoms with E-state index in [-0.39, 0.29) is 10.9 Å². The summed E-state index contributed by atoms with van der Waals surface area (Å²) in [5, 5.41) is 0.153. The first-order chi connectivity index (χ1) is 7.38. The normalized spacial score (nSPS) is 12.0. The third-order valence-corrected chi connectivity index (χ3v) is 2.61. The molecule has 0 amide bonds. The Bertz CT molecular complexity index is 606. The van der Waals surface area contributed by atoms with Crippen LogP contribution in [0.4, 0.5) is 13.2 Å². The van der Waals surface area contributed by atoms with Crippen LogP contribution in [0.1, 0.15) is 5.82 Å². The zero-order valence-electron chi connectivity index (χ0n) is 7.60. The molecule has 0 fully saturated rings. The van der Waals surface area contributed by atoms with Crippen LogP contribution in [0.25, 0.3) is 10.9 Å². The van der Waals surface area contributed by atoms with Crippen molar-refractivity contribution in [3.63, 3.8) is 0 Å². The first-order valence-corrected chi connectivity index (χ1v) is 5.22. The van der Waals surface area contributed by atoms with E-state index in [1.165, 1.54) is 12.1 Å². The van der Waals surface area contributed by atoms with Crippen molar-refractivity contribution in [3.05, 3.63) is 37.9 Å². The van der Waals surface area contributed by atoms with E-state index in [4.69, 9.17) is 0 Å². The third kappa shape index (κ3) is 2.04. The van der Waals surface area contributed by atoms with E-state index in [2.05, 4.69) is 4.98 Å². The van der Waals surface area contributed by atoms with Crippen molar-refractivity contribution < 1.29 is 13.2 Å². The number of rotatable bonds is 0. The highest BCUT2D eigenvalue weighted by Crippen LogP contribution is 2.26. The van der Waals surface area contributed by atoms with Gasteiger partial charge in [0.1, 0.15) is 0 Å². The molecule has 0 atom stereocenters. The molecule has 0 aliphatic heterocycles. The van der Waals surface area contributed by atoms with Gasteiger partial charge in [-0.05, 0) is 40.8 Å². The lowest BCUT2D eigenvalue weighted by Gasteiger charge is -2.06. The summed E-state index contributed by atoms with van der Waals surface area (Å²) in [7, 11) is 0. The average Bonchev–Trinajstić information content (AvgIpc) is 2.17. The van der Waals surface area contributed by atoms with Crippen molar-refractivity contribution in [1.82, 2.24) is 9.97 Å². The van der Waals surface area contributed by atoms with Gasteiger partial charge in [0.15, 0.2) is 0 Å². The van der Waals surface area contributed by atoms with Crippen LogP contribution in [0, 0.1) is 3.57 Å². The van der Waals surface area contributed by atoms with Gasteiger partial charge in [-0.25, -0.2) is 4.98 Å². The largest absolute Gasteiger partial charge is 0.449 e. The summed E-state index contributed by atoms with van der Waals surface area (Å²) in [5.41, 5.74) is -0.743. The molecule has 0 bridgehead atoms. The quantitative estimate of drug-likeness (QED) is 0.750. The van der Waals surface area contributed by atoms with Crippen LogP contribution in [-0.4, -0.2) is 9.97 Å². The topological polar surface area (TPSA) is 45.8 Å². The zero-order chi connectivity index (χ0) is 11.9. The molecular formula is C9H4F3IN2O. The molecule has 16 heavy (non-hydrogen) atoms. The van der Waals surface area contributed by atoms with E-state index < -0.39 is 17.6 Å². The Labute approximate surface area is 101 Å². The fourth-order valence-corrected chi connectivity index (χ4v) is 1.74. The van der Waals surface area contributed by atoms with Gasteiger partial charge in [-0.2, -0.15) is 13.2 Å². The molecule has 1 aromatic carbocycles. The summed E-state index contributed by atoms with van der Waals surface area (Å²) >= 11 is 1.97. The number of benzene rings is 1. The van der Waals surface area contributed by atoms with Gasteiger partial charge in [0.05, 0.1) is 10.9 Å². The number of H-pyrrole nitrogens is 1. The van der Waals surface area contributed by atoms with Crippen LogP contribution in [0.15, 0.2) is 23.0 Å². The maximum Gasteiger partial charge on any atom is 0.449 e. The predicted molar refractivity (Wildman–Crippen MR) is 60.1 cm³/mol. The van der Waals surface area contributed by atoms with Crippen LogP contribution in [0.2, 0.25) is 0 Å². The number of hydrogen-bond acceptors (Lipinski definition) is 2. The number of aromatic amines is 1. The van der Waals surface area contributed by atoms with Gasteiger partial charge in [0.2, 0.25) is 5.82 Å². The number of fused-ring (bicyclic) bond motifs is 1. The maximum atomic E-state index is 12.3. The number of hydrogen-bond donors (Lipinski definition) is 1. The highest BCUT2D eigenvalue weighted by atomic mass is 127. The van der Waals surface area contributed by atoms with E-state index >= 15 is 0 Å². The third-order valence-electron chi connectivity index (χ3n) is 1.94. The minimum atomic E-state index is -4.64. The Kier molecular flexibility index (Phi) is 2.64. The van der Waals surface area contributed by atoms with Crippen molar-refractivity contribution in [1.29, 1.82) is 0 Å². The number of alkyl halides is 3. The van der Waals surface area contributed by atoms with Gasteiger partial charge in [-0.15, -0.1) is 0 Å². The highest BCUT2D eigenvalue weighted by Gasteiger charge is 2.34. The molecular weight excluding hydrogens is 336 g/mol. The van der Waals surface area contributed by atoms with Crippen LogP contribution < -0.4 is 5.56 Å². The predicted octanol–water partition coefficient (Wildman–Crippen LogP) is 2.55. The summed E-state index contributed by atoms with van der Waals surface area (Å²) in [5.74, 6) is -1.27. The van der Waals surface area contributed by atoms with Gasteiger partial charge >= 0.3 is 6.18 Å². The smallest absolute Gasteiger partial charge is 0.302 e. The highest BCUT2D eigenvalue weighted by molar-refractivity contribution is 14.1. The van der Waals surface area contributed by atoms with Gasteiger partial charge in [-0.1, -0.05) is 0 Å². The van der Waals surface area contributed by atoms with E-state index in [0.717, 1.165) is 3.57 Å². The molecule has 1 heterocycles. The molecule has 2 aromatic rings. The van der Waals surface area contributed by atoms with Crippen molar-refractivity contribution in [2.45, 2.75) is 6.18 Å². The Morgan fingerprint density at radius 3 is 2.62 bits per heavy atom. The second-order valence-corrected chi connectivity index (χ2v) is 4.32. The molecule has 1 aromatic heterocycles. The van der Waals surface area contributed by atoms with Crippen molar-refractivity contribution in [2.24, 2.45) is 0 Å². The van der Waals surface area contributed by atoms with E-state index in [1.54, 1.807) is 11.1 Å². The van der Waals surface area contributed by atoms with Crippen molar-refractivity contribution in [2.75, 3.05) is 0 Å². The minimum Gasteiger partial charge on any atom is -0.302 e. The van der Waals surface area contributed by atoms with Crippen molar-refractivity contribution >= 4 is 33.5 Å². The molecule has 0 radical (unpaired) electrons. The fraction of sp³-hybridized carbons (Fsp3) is 0.111. The summed E-state index contributed by atoms with van der Waals surface area (Å²) in [6, 6.07) is 4.47. The standard InChI is InChI=1S/C9H4F3IN2O/c10-9(11,12)8-14-6-2-1-4(13)3-5(6)7(16)15-8/h1-3H,(H,14,15,16). The van der Waals surface area contributed by atoms with Crippen LogP contribution in [0.5, 0.6) is 0 Å². The summed E-state index contributed by atoms with van der Waals surface area (Å²) in [6.45, 7) is 0. The number of nitrogens with one attached hydrogen (secondary N) is 1. The van der Waals surface area contributed by atoms with Gasteiger partial charge in [-0.3, -0.25) is 4.79 Å². The Balaban J connectivity index is 2.79. The Hall–Kier alpha value is -1.12. The summed E-state index contributed by atoms with van der Waals surface area (Å²) in [4.78, 5) is 16.5. The zero-order valence-corrected chi connectivity index (χ0v) is 9.76. The Morgan fingerprint density at radius 1 is 1.31 bits per heavy atom. The maximum absolute atomic E-state index is 12.3. The summed E-state index contributed by atoms with van der Waals surface area (Å²) < 4.78 is 37.8. The van der Waals surface area contributed by atoms with Gasteiger partial charge in [0.25, 0.3) is 5.56 Å². The SMILES string of the molecule is O=c1[nH]c(C(F)(F)F)nc2ccc(I)cc12.